The van der Waals surface area contributed by atoms with Gasteiger partial charge in [0.1, 0.15) is 5.69 Å². The lowest BCUT2D eigenvalue weighted by atomic mass is 9.99. The molecule has 3 aliphatic rings. The molecule has 0 aliphatic carbocycles. The van der Waals surface area contributed by atoms with Crippen LogP contribution >= 0.6 is 0 Å². The molecule has 2 amide bonds. The van der Waals surface area contributed by atoms with E-state index in [2.05, 4.69) is 25.9 Å². The SMILES string of the molecule is CNC(=O)c1ccc(-c2cc3c(cn2)N(c2nn(C4CCOCC4)c4c2CN(C(C)=O)CC4)CCC3)cn1. The first-order valence-corrected chi connectivity index (χ1v) is 13.4. The van der Waals surface area contributed by atoms with E-state index in [0.29, 0.717) is 18.3 Å². The molecule has 6 heterocycles. The van der Waals surface area contributed by atoms with Gasteiger partial charge >= 0.3 is 0 Å². The molecule has 0 bridgehead atoms. The quantitative estimate of drug-likeness (QED) is 0.569. The maximum absolute atomic E-state index is 12.3. The van der Waals surface area contributed by atoms with Gasteiger partial charge in [0.15, 0.2) is 5.82 Å². The summed E-state index contributed by atoms with van der Waals surface area (Å²) >= 11 is 0. The number of hydrogen-bond donors (Lipinski definition) is 1. The van der Waals surface area contributed by atoms with Crippen LogP contribution in [0.2, 0.25) is 0 Å². The van der Waals surface area contributed by atoms with E-state index in [1.165, 1.54) is 11.3 Å². The van der Waals surface area contributed by atoms with E-state index in [4.69, 9.17) is 14.8 Å². The Bertz CT molecular complexity index is 1360. The van der Waals surface area contributed by atoms with Crippen molar-refractivity contribution in [3.63, 3.8) is 0 Å². The molecule has 0 saturated carbocycles. The Hall–Kier alpha value is -3.79. The first-order chi connectivity index (χ1) is 18.5. The standard InChI is InChI=1S/C28H33N7O3/c1-18(36)33-11-7-25-22(17-33)27(32-35(25)21-8-12-38-13-9-21)34-10-3-4-19-14-24(31-16-26(19)34)20-5-6-23(30-15-20)28(37)29-2/h5-6,14-16,21H,3-4,7-13,17H2,1-2H3,(H,29,37). The highest BCUT2D eigenvalue weighted by Crippen LogP contribution is 2.40. The van der Waals surface area contributed by atoms with Gasteiger partial charge in [0.2, 0.25) is 5.91 Å². The molecule has 0 atom stereocenters. The first-order valence-electron chi connectivity index (χ1n) is 13.4. The average molecular weight is 516 g/mol. The topological polar surface area (TPSA) is 105 Å². The first kappa shape index (κ1) is 24.5. The Morgan fingerprint density at radius 2 is 1.92 bits per heavy atom. The van der Waals surface area contributed by atoms with E-state index >= 15 is 0 Å². The third kappa shape index (κ3) is 4.42. The van der Waals surface area contributed by atoms with Crippen LogP contribution in [0.25, 0.3) is 11.3 Å². The van der Waals surface area contributed by atoms with E-state index in [-0.39, 0.29) is 11.8 Å². The van der Waals surface area contributed by atoms with Gasteiger partial charge in [-0.1, -0.05) is 0 Å². The number of nitrogens with zero attached hydrogens (tertiary/aromatic N) is 6. The van der Waals surface area contributed by atoms with Gasteiger partial charge in [-0.15, -0.1) is 0 Å². The van der Waals surface area contributed by atoms with Crippen LogP contribution in [-0.4, -0.2) is 69.8 Å². The molecular weight excluding hydrogens is 482 g/mol. The molecule has 0 spiro atoms. The van der Waals surface area contributed by atoms with E-state index < -0.39 is 0 Å². The highest BCUT2D eigenvalue weighted by atomic mass is 16.5. The van der Waals surface area contributed by atoms with E-state index in [1.54, 1.807) is 26.2 Å². The highest BCUT2D eigenvalue weighted by Gasteiger charge is 2.33. The number of aromatic nitrogens is 4. The monoisotopic (exact) mass is 515 g/mol. The summed E-state index contributed by atoms with van der Waals surface area (Å²) in [5.74, 6) is 0.837. The number of hydrogen-bond acceptors (Lipinski definition) is 7. The Balaban J connectivity index is 1.36. The van der Waals surface area contributed by atoms with Crippen LogP contribution in [0, 0.1) is 0 Å². The van der Waals surface area contributed by atoms with Crippen LogP contribution in [0.15, 0.2) is 30.6 Å². The molecule has 6 rings (SSSR count). The lowest BCUT2D eigenvalue weighted by Gasteiger charge is -2.32. The summed E-state index contributed by atoms with van der Waals surface area (Å²) in [5, 5.41) is 7.82. The second-order valence-corrected chi connectivity index (χ2v) is 10.2. The highest BCUT2D eigenvalue weighted by molar-refractivity contribution is 5.92. The number of anilines is 2. The van der Waals surface area contributed by atoms with Crippen LogP contribution in [0.4, 0.5) is 11.5 Å². The lowest BCUT2D eigenvalue weighted by Crippen LogP contribution is -2.36. The van der Waals surface area contributed by atoms with Crippen molar-refractivity contribution in [3.8, 4) is 11.3 Å². The zero-order valence-electron chi connectivity index (χ0n) is 21.9. The lowest BCUT2D eigenvalue weighted by molar-refractivity contribution is -0.129. The number of rotatable bonds is 4. The zero-order chi connectivity index (χ0) is 26.2. The molecule has 3 aliphatic heterocycles. The summed E-state index contributed by atoms with van der Waals surface area (Å²) < 4.78 is 7.85. The fourth-order valence-electron chi connectivity index (χ4n) is 5.81. The van der Waals surface area contributed by atoms with Crippen LogP contribution in [0.3, 0.4) is 0 Å². The summed E-state index contributed by atoms with van der Waals surface area (Å²) in [6.45, 7) is 5.33. The summed E-state index contributed by atoms with van der Waals surface area (Å²) in [4.78, 5) is 37.4. The van der Waals surface area contributed by atoms with Crippen molar-refractivity contribution in [2.24, 2.45) is 0 Å². The second kappa shape index (κ2) is 10.2. The number of carbonyl (C=O) groups excluding carboxylic acids is 2. The molecule has 0 aromatic carbocycles. The van der Waals surface area contributed by atoms with Gasteiger partial charge in [-0.25, -0.2) is 0 Å². The molecule has 0 unspecified atom stereocenters. The molecule has 1 saturated heterocycles. The van der Waals surface area contributed by atoms with Gasteiger partial charge in [-0.05, 0) is 49.4 Å². The minimum absolute atomic E-state index is 0.0989. The van der Waals surface area contributed by atoms with Crippen molar-refractivity contribution >= 4 is 23.3 Å². The largest absolute Gasteiger partial charge is 0.381 e. The summed E-state index contributed by atoms with van der Waals surface area (Å²) in [5.41, 5.74) is 6.77. The maximum Gasteiger partial charge on any atom is 0.269 e. The van der Waals surface area contributed by atoms with Gasteiger partial charge in [-0.3, -0.25) is 24.2 Å². The molecular formula is C28H33N7O3. The van der Waals surface area contributed by atoms with Crippen LogP contribution < -0.4 is 10.2 Å². The fourth-order valence-corrected chi connectivity index (χ4v) is 5.81. The number of aryl methyl sites for hydroxylation is 1. The minimum Gasteiger partial charge on any atom is -0.381 e. The van der Waals surface area contributed by atoms with Gasteiger partial charge in [0.05, 0.1) is 30.2 Å². The average Bonchev–Trinajstić information content (AvgIpc) is 3.35. The number of amides is 2. The predicted octanol–water partition coefficient (Wildman–Crippen LogP) is 3.04. The van der Waals surface area contributed by atoms with Crippen molar-refractivity contribution in [1.82, 2.24) is 30.0 Å². The second-order valence-electron chi connectivity index (χ2n) is 10.2. The fraction of sp³-hybridized carbons (Fsp3) is 0.464. The van der Waals surface area contributed by atoms with Crippen LogP contribution in [0.5, 0.6) is 0 Å². The van der Waals surface area contributed by atoms with Crippen molar-refractivity contribution in [3.05, 3.63) is 53.1 Å². The number of carbonyl (C=O) groups is 2. The molecule has 38 heavy (non-hydrogen) atoms. The van der Waals surface area contributed by atoms with Crippen LogP contribution in [0.1, 0.15) is 59.5 Å². The summed E-state index contributed by atoms with van der Waals surface area (Å²) in [7, 11) is 1.59. The molecule has 0 radical (unpaired) electrons. The Morgan fingerprint density at radius 3 is 2.66 bits per heavy atom. The molecule has 10 nitrogen and oxygen atoms in total. The molecule has 1 N–H and O–H groups in total. The van der Waals surface area contributed by atoms with Crippen molar-refractivity contribution in [1.29, 1.82) is 0 Å². The van der Waals surface area contributed by atoms with Gasteiger partial charge in [0.25, 0.3) is 5.91 Å². The van der Waals surface area contributed by atoms with Gasteiger partial charge in [0, 0.05) is 69.7 Å². The zero-order valence-corrected chi connectivity index (χ0v) is 21.9. The van der Waals surface area contributed by atoms with Gasteiger partial charge < -0.3 is 19.9 Å². The Labute approximate surface area is 222 Å². The number of ether oxygens (including phenoxy) is 1. The molecule has 10 heteroatoms. The van der Waals surface area contributed by atoms with E-state index in [1.807, 2.05) is 17.2 Å². The van der Waals surface area contributed by atoms with Crippen LogP contribution in [-0.2, 0) is 28.9 Å². The molecule has 3 aromatic heterocycles. The smallest absolute Gasteiger partial charge is 0.269 e. The third-order valence-electron chi connectivity index (χ3n) is 7.91. The number of nitrogens with one attached hydrogen (secondary N) is 1. The van der Waals surface area contributed by atoms with Crippen molar-refractivity contribution in [2.45, 2.75) is 51.6 Å². The maximum atomic E-state index is 12.3. The molecule has 1 fully saturated rings. The summed E-state index contributed by atoms with van der Waals surface area (Å²) in [6, 6.07) is 6.06. The number of pyridine rings is 2. The summed E-state index contributed by atoms with van der Waals surface area (Å²) in [6.07, 6.45) is 8.31. The van der Waals surface area contributed by atoms with Crippen molar-refractivity contribution in [2.75, 3.05) is 38.3 Å². The predicted molar refractivity (Wildman–Crippen MR) is 142 cm³/mol. The number of fused-ring (bicyclic) bond motifs is 2. The Kier molecular flexibility index (Phi) is 6.57. The Morgan fingerprint density at radius 1 is 1.08 bits per heavy atom. The minimum atomic E-state index is -0.211. The third-order valence-corrected chi connectivity index (χ3v) is 7.91. The van der Waals surface area contributed by atoms with E-state index in [0.717, 1.165) is 86.7 Å². The molecule has 198 valence electrons. The van der Waals surface area contributed by atoms with Gasteiger partial charge in [-0.2, -0.15) is 5.10 Å². The normalized spacial score (nSPS) is 17.6. The van der Waals surface area contributed by atoms with Crippen molar-refractivity contribution < 1.29 is 14.3 Å². The molecule has 3 aromatic rings. The van der Waals surface area contributed by atoms with E-state index in [9.17, 15) is 9.59 Å².